The number of benzene rings is 1. The number of hydrogen-bond acceptors (Lipinski definition) is 5. The second-order valence-corrected chi connectivity index (χ2v) is 11.1. The van der Waals surface area contributed by atoms with Crippen LogP contribution in [0.4, 0.5) is 13.2 Å². The minimum Gasteiger partial charge on any atom is -0.207 e. The van der Waals surface area contributed by atoms with Crippen LogP contribution >= 0.6 is 11.3 Å². The second-order valence-electron chi connectivity index (χ2n) is 5.81. The summed E-state index contributed by atoms with van der Waals surface area (Å²) in [6, 6.07) is 5.54. The molecule has 1 N–H and O–H groups in total. The van der Waals surface area contributed by atoms with Crippen LogP contribution in [0.15, 0.2) is 39.4 Å². The first-order valence-corrected chi connectivity index (χ1v) is 11.2. The fourth-order valence-electron chi connectivity index (χ4n) is 2.09. The van der Waals surface area contributed by atoms with Crippen molar-refractivity contribution in [1.82, 2.24) is 9.03 Å². The summed E-state index contributed by atoms with van der Waals surface area (Å²) in [5, 5.41) is 0. The van der Waals surface area contributed by atoms with Gasteiger partial charge in [0.2, 0.25) is 10.0 Å². The van der Waals surface area contributed by atoms with Gasteiger partial charge in [-0.15, -0.1) is 11.3 Å². The van der Waals surface area contributed by atoms with Crippen LogP contribution in [0, 0.1) is 6.92 Å². The van der Waals surface area contributed by atoms with Crippen molar-refractivity contribution in [2.45, 2.75) is 28.7 Å². The summed E-state index contributed by atoms with van der Waals surface area (Å²) < 4.78 is 90.8. The Morgan fingerprint density at radius 3 is 2.26 bits per heavy atom. The predicted molar refractivity (Wildman–Crippen MR) is 95.4 cm³/mol. The van der Waals surface area contributed by atoms with Crippen LogP contribution in [0.2, 0.25) is 0 Å². The summed E-state index contributed by atoms with van der Waals surface area (Å²) in [4.78, 5) is -0.111. The molecular formula is C15H17F3N2O4S3. The van der Waals surface area contributed by atoms with E-state index in [4.69, 9.17) is 0 Å². The largest absolute Gasteiger partial charge is 0.416 e. The van der Waals surface area contributed by atoms with Crippen LogP contribution in [-0.2, 0) is 32.8 Å². The molecule has 0 radical (unpaired) electrons. The third-order valence-electron chi connectivity index (χ3n) is 3.63. The Balaban J connectivity index is 2.23. The molecule has 0 saturated heterocycles. The van der Waals surface area contributed by atoms with Crippen LogP contribution in [-0.4, -0.2) is 35.2 Å². The molecule has 150 valence electrons. The van der Waals surface area contributed by atoms with Crippen molar-refractivity contribution in [3.8, 4) is 0 Å². The normalized spacial score (nSPS) is 13.3. The van der Waals surface area contributed by atoms with E-state index in [1.54, 1.807) is 0 Å². The molecule has 0 bridgehead atoms. The van der Waals surface area contributed by atoms with E-state index in [1.165, 1.54) is 33.2 Å². The van der Waals surface area contributed by atoms with Crippen molar-refractivity contribution >= 4 is 31.4 Å². The summed E-state index contributed by atoms with van der Waals surface area (Å²) in [7, 11) is -5.11. The van der Waals surface area contributed by atoms with Gasteiger partial charge in [-0.2, -0.15) is 13.2 Å². The van der Waals surface area contributed by atoms with Gasteiger partial charge in [0.25, 0.3) is 10.0 Å². The Morgan fingerprint density at radius 1 is 1.07 bits per heavy atom. The highest BCUT2D eigenvalue weighted by Gasteiger charge is 2.33. The molecule has 1 heterocycles. The molecule has 0 unspecified atom stereocenters. The lowest BCUT2D eigenvalue weighted by atomic mass is 10.1. The van der Waals surface area contributed by atoms with Crippen molar-refractivity contribution in [2.24, 2.45) is 0 Å². The zero-order valence-corrected chi connectivity index (χ0v) is 17.0. The van der Waals surface area contributed by atoms with Gasteiger partial charge < -0.3 is 0 Å². The first-order valence-electron chi connectivity index (χ1n) is 7.44. The van der Waals surface area contributed by atoms with E-state index in [1.807, 2.05) is 0 Å². The highest BCUT2D eigenvalue weighted by Crippen LogP contribution is 2.33. The van der Waals surface area contributed by atoms with Crippen molar-refractivity contribution in [3.05, 3.63) is 46.3 Å². The molecule has 1 aromatic carbocycles. The SMILES string of the molecule is Cc1ccc(S(=O)(=O)NCc2ccc(S(=O)(=O)N(C)C)s2)cc1C(F)(F)F. The first-order chi connectivity index (χ1) is 12.2. The average Bonchev–Trinajstić information content (AvgIpc) is 3.01. The lowest BCUT2D eigenvalue weighted by molar-refractivity contribution is -0.138. The fraction of sp³-hybridized carbons (Fsp3) is 0.333. The number of sulfonamides is 2. The quantitative estimate of drug-likeness (QED) is 0.746. The van der Waals surface area contributed by atoms with Gasteiger partial charge in [-0.05, 0) is 36.8 Å². The van der Waals surface area contributed by atoms with Gasteiger partial charge in [0.1, 0.15) is 4.21 Å². The zero-order chi connectivity index (χ0) is 20.6. The maximum Gasteiger partial charge on any atom is 0.416 e. The van der Waals surface area contributed by atoms with Crippen molar-refractivity contribution < 1.29 is 30.0 Å². The molecule has 0 spiro atoms. The number of thiophene rings is 1. The Morgan fingerprint density at radius 2 is 1.70 bits per heavy atom. The van der Waals surface area contributed by atoms with Crippen molar-refractivity contribution in [3.63, 3.8) is 0 Å². The number of nitrogens with one attached hydrogen (secondary N) is 1. The molecule has 0 saturated carbocycles. The summed E-state index contributed by atoms with van der Waals surface area (Å²) in [6.45, 7) is 0.996. The van der Waals surface area contributed by atoms with Crippen molar-refractivity contribution in [2.75, 3.05) is 14.1 Å². The van der Waals surface area contributed by atoms with Gasteiger partial charge in [0.05, 0.1) is 10.5 Å². The topological polar surface area (TPSA) is 83.5 Å². The number of halogens is 3. The van der Waals surface area contributed by atoms with Gasteiger partial charge in [0.15, 0.2) is 0 Å². The number of alkyl halides is 3. The molecule has 27 heavy (non-hydrogen) atoms. The molecule has 0 amide bonds. The highest BCUT2D eigenvalue weighted by molar-refractivity contribution is 7.91. The molecule has 0 aliphatic rings. The molecule has 0 aliphatic carbocycles. The number of nitrogens with zero attached hydrogens (tertiary/aromatic N) is 1. The second kappa shape index (κ2) is 7.51. The highest BCUT2D eigenvalue weighted by atomic mass is 32.2. The third-order valence-corrected chi connectivity index (χ3v) is 8.40. The van der Waals surface area contributed by atoms with Gasteiger partial charge in [0, 0.05) is 25.5 Å². The number of hydrogen-bond donors (Lipinski definition) is 1. The number of aryl methyl sites for hydroxylation is 1. The maximum absolute atomic E-state index is 13.0. The summed E-state index contributed by atoms with van der Waals surface area (Å²) in [5.41, 5.74) is -1.11. The zero-order valence-electron chi connectivity index (χ0n) is 14.5. The Kier molecular flexibility index (Phi) is 6.07. The van der Waals surface area contributed by atoms with Gasteiger partial charge >= 0.3 is 6.18 Å². The molecule has 0 fully saturated rings. The average molecular weight is 443 g/mol. The van der Waals surface area contributed by atoms with Crippen LogP contribution in [0.5, 0.6) is 0 Å². The summed E-state index contributed by atoms with van der Waals surface area (Å²) in [5.74, 6) is 0. The smallest absolute Gasteiger partial charge is 0.207 e. The van der Waals surface area contributed by atoms with Crippen LogP contribution in [0.25, 0.3) is 0 Å². The van der Waals surface area contributed by atoms with E-state index in [2.05, 4.69) is 4.72 Å². The Labute approximate surface area is 159 Å². The van der Waals surface area contributed by atoms with Gasteiger partial charge in [-0.1, -0.05) is 6.07 Å². The third kappa shape index (κ3) is 4.88. The number of rotatable bonds is 6. The Hall–Kier alpha value is -1.47. The monoisotopic (exact) mass is 442 g/mol. The van der Waals surface area contributed by atoms with E-state index >= 15 is 0 Å². The lowest BCUT2D eigenvalue weighted by Crippen LogP contribution is -2.23. The fourth-order valence-corrected chi connectivity index (χ4v) is 5.68. The lowest BCUT2D eigenvalue weighted by Gasteiger charge is -2.12. The maximum atomic E-state index is 13.0. The Bertz CT molecular complexity index is 1040. The molecule has 12 heteroatoms. The molecular weight excluding hydrogens is 425 g/mol. The summed E-state index contributed by atoms with van der Waals surface area (Å²) in [6.07, 6.45) is -4.67. The minimum absolute atomic E-state index is 0.0383. The standard InChI is InChI=1S/C15H17F3N2O4S3/c1-10-4-6-12(8-13(10)15(16,17)18)26(21,22)19-9-11-5-7-14(25-11)27(23,24)20(2)3/h4-8,19H,9H2,1-3H3. The molecule has 0 atom stereocenters. The van der Waals surface area contributed by atoms with E-state index in [0.29, 0.717) is 10.9 Å². The molecule has 6 nitrogen and oxygen atoms in total. The van der Waals surface area contributed by atoms with Crippen LogP contribution in [0.1, 0.15) is 16.0 Å². The first kappa shape index (κ1) is 21.8. The predicted octanol–water partition coefficient (Wildman–Crippen LogP) is 2.80. The molecule has 2 rings (SSSR count). The van der Waals surface area contributed by atoms with E-state index in [0.717, 1.165) is 27.8 Å². The van der Waals surface area contributed by atoms with Crippen molar-refractivity contribution in [1.29, 1.82) is 0 Å². The summed E-state index contributed by atoms with van der Waals surface area (Å²) >= 11 is 0.877. The van der Waals surface area contributed by atoms with Gasteiger partial charge in [-0.25, -0.2) is 25.9 Å². The molecule has 1 aromatic heterocycles. The molecule has 2 aromatic rings. The van der Waals surface area contributed by atoms with E-state index in [9.17, 15) is 30.0 Å². The molecule has 0 aliphatic heterocycles. The van der Waals surface area contributed by atoms with Gasteiger partial charge in [-0.3, -0.25) is 0 Å². The van der Waals surface area contributed by atoms with E-state index < -0.39 is 36.7 Å². The van der Waals surface area contributed by atoms with Crippen LogP contribution in [0.3, 0.4) is 0 Å². The van der Waals surface area contributed by atoms with E-state index in [-0.39, 0.29) is 16.3 Å². The minimum atomic E-state index is -4.67. The van der Waals surface area contributed by atoms with Crippen LogP contribution < -0.4 is 4.72 Å².